The van der Waals surface area contributed by atoms with Crippen molar-refractivity contribution in [3.05, 3.63) is 23.3 Å². The third-order valence-corrected chi connectivity index (χ3v) is 2.70. The van der Waals surface area contributed by atoms with E-state index in [4.69, 9.17) is 9.66 Å². The number of carboxylic acid groups (broad SMARTS) is 1. The minimum atomic E-state index is -4.62. The van der Waals surface area contributed by atoms with Crippen molar-refractivity contribution < 1.29 is 28.0 Å². The average Bonchev–Trinajstić information content (AvgIpc) is 2.00. The summed E-state index contributed by atoms with van der Waals surface area (Å²) in [6.45, 7) is 1.40. The molecule has 0 aliphatic heterocycles. The van der Waals surface area contributed by atoms with Gasteiger partial charge in [-0.15, -0.1) is 0 Å². The standard InChI is InChI=1S/C8H8O6S/c1-4-2-6(9)7(15(12,13)14)3-5(4)8(10)11/h2-3,9H,1H3,(H,10,11)(H,12,13,14). The van der Waals surface area contributed by atoms with Gasteiger partial charge in [-0.25, -0.2) is 4.79 Å². The van der Waals surface area contributed by atoms with E-state index in [-0.39, 0.29) is 11.1 Å². The van der Waals surface area contributed by atoms with Crippen LogP contribution in [-0.4, -0.2) is 29.2 Å². The summed E-state index contributed by atoms with van der Waals surface area (Å²) in [4.78, 5) is 9.84. The molecule has 1 rings (SSSR count). The molecule has 0 saturated heterocycles. The smallest absolute Gasteiger partial charge is 0.336 e. The summed E-state index contributed by atoms with van der Waals surface area (Å²) in [6.07, 6.45) is 0. The van der Waals surface area contributed by atoms with Crippen molar-refractivity contribution in [3.8, 4) is 5.75 Å². The molecule has 0 atom stereocenters. The second-order valence-electron chi connectivity index (χ2n) is 2.92. The maximum absolute atomic E-state index is 10.7. The Labute approximate surface area is 85.5 Å². The van der Waals surface area contributed by atoms with Crippen LogP contribution < -0.4 is 0 Å². The molecule has 0 heterocycles. The maximum Gasteiger partial charge on any atom is 0.336 e. The molecule has 0 amide bonds. The van der Waals surface area contributed by atoms with E-state index in [1.807, 2.05) is 0 Å². The highest BCUT2D eigenvalue weighted by Crippen LogP contribution is 2.26. The fraction of sp³-hybridized carbons (Fsp3) is 0.125. The maximum atomic E-state index is 10.7. The molecule has 0 fully saturated rings. The molecule has 6 nitrogen and oxygen atoms in total. The van der Waals surface area contributed by atoms with Gasteiger partial charge in [-0.05, 0) is 24.6 Å². The first-order valence-electron chi connectivity index (χ1n) is 3.78. The Kier molecular flexibility index (Phi) is 2.69. The van der Waals surface area contributed by atoms with Crippen LogP contribution in [0.1, 0.15) is 15.9 Å². The lowest BCUT2D eigenvalue weighted by molar-refractivity contribution is 0.0696. The molecule has 7 heteroatoms. The molecule has 3 N–H and O–H groups in total. The Bertz CT molecular complexity index is 516. The van der Waals surface area contributed by atoms with E-state index in [0.717, 1.165) is 6.07 Å². The summed E-state index contributed by atoms with van der Waals surface area (Å²) in [5, 5.41) is 17.9. The quantitative estimate of drug-likeness (QED) is 0.645. The van der Waals surface area contributed by atoms with Crippen molar-refractivity contribution in [2.75, 3.05) is 0 Å². The Hall–Kier alpha value is -1.60. The van der Waals surface area contributed by atoms with E-state index >= 15 is 0 Å². The van der Waals surface area contributed by atoms with Gasteiger partial charge in [-0.3, -0.25) is 4.55 Å². The van der Waals surface area contributed by atoms with Crippen LogP contribution in [0.3, 0.4) is 0 Å². The molecule has 0 spiro atoms. The summed E-state index contributed by atoms with van der Waals surface area (Å²) < 4.78 is 30.2. The molecule has 1 aromatic carbocycles. The number of benzene rings is 1. The van der Waals surface area contributed by atoms with Crippen molar-refractivity contribution in [1.82, 2.24) is 0 Å². The van der Waals surface area contributed by atoms with Crippen molar-refractivity contribution >= 4 is 16.1 Å². The van der Waals surface area contributed by atoms with Crippen molar-refractivity contribution in [3.63, 3.8) is 0 Å². The lowest BCUT2D eigenvalue weighted by Gasteiger charge is -2.05. The summed E-state index contributed by atoms with van der Waals surface area (Å²) in [5.74, 6) is -2.02. The molecular weight excluding hydrogens is 224 g/mol. The number of phenols is 1. The minimum Gasteiger partial charge on any atom is -0.506 e. The summed E-state index contributed by atoms with van der Waals surface area (Å²) >= 11 is 0. The SMILES string of the molecule is Cc1cc(O)c(S(=O)(=O)O)cc1C(=O)O. The van der Waals surface area contributed by atoms with Gasteiger partial charge >= 0.3 is 5.97 Å². The van der Waals surface area contributed by atoms with E-state index in [1.165, 1.54) is 6.92 Å². The van der Waals surface area contributed by atoms with Crippen LogP contribution in [0.5, 0.6) is 5.75 Å². The van der Waals surface area contributed by atoms with Gasteiger partial charge in [-0.2, -0.15) is 8.42 Å². The fourth-order valence-electron chi connectivity index (χ4n) is 1.11. The molecule has 0 aromatic heterocycles. The number of aryl methyl sites for hydroxylation is 1. The lowest BCUT2D eigenvalue weighted by Crippen LogP contribution is -2.05. The topological polar surface area (TPSA) is 112 Å². The zero-order valence-corrected chi connectivity index (χ0v) is 8.45. The van der Waals surface area contributed by atoms with Crippen LogP contribution in [0.2, 0.25) is 0 Å². The Morgan fingerprint density at radius 1 is 1.33 bits per heavy atom. The monoisotopic (exact) mass is 232 g/mol. The highest BCUT2D eigenvalue weighted by molar-refractivity contribution is 7.86. The molecule has 0 aliphatic rings. The number of hydrogen-bond acceptors (Lipinski definition) is 4. The molecular formula is C8H8O6S. The van der Waals surface area contributed by atoms with Gasteiger partial charge in [0.1, 0.15) is 10.6 Å². The highest BCUT2D eigenvalue weighted by Gasteiger charge is 2.19. The van der Waals surface area contributed by atoms with Crippen molar-refractivity contribution in [2.45, 2.75) is 11.8 Å². The number of aromatic hydroxyl groups is 1. The van der Waals surface area contributed by atoms with Crippen molar-refractivity contribution in [1.29, 1.82) is 0 Å². The molecule has 0 aliphatic carbocycles. The van der Waals surface area contributed by atoms with Gasteiger partial charge in [0, 0.05) is 0 Å². The predicted molar refractivity (Wildman–Crippen MR) is 49.6 cm³/mol. The highest BCUT2D eigenvalue weighted by atomic mass is 32.2. The third-order valence-electron chi connectivity index (χ3n) is 1.81. The molecule has 0 bridgehead atoms. The average molecular weight is 232 g/mol. The van der Waals surface area contributed by atoms with Crippen LogP contribution in [-0.2, 0) is 10.1 Å². The first-order chi connectivity index (χ1) is 6.73. The van der Waals surface area contributed by atoms with E-state index in [1.54, 1.807) is 0 Å². The zero-order valence-electron chi connectivity index (χ0n) is 7.63. The first-order valence-corrected chi connectivity index (χ1v) is 5.22. The molecule has 0 radical (unpaired) electrons. The predicted octanol–water partition coefficient (Wildman–Crippen LogP) is 0.646. The first kappa shape index (κ1) is 11.5. The molecule has 15 heavy (non-hydrogen) atoms. The summed E-state index contributed by atoms with van der Waals surface area (Å²) in [7, 11) is -4.62. The molecule has 0 unspecified atom stereocenters. The van der Waals surface area contributed by atoms with Gasteiger partial charge in [0.2, 0.25) is 0 Å². The van der Waals surface area contributed by atoms with Crippen LogP contribution in [0, 0.1) is 6.92 Å². The molecule has 0 saturated carbocycles. The van der Waals surface area contributed by atoms with Gasteiger partial charge < -0.3 is 10.2 Å². The van der Waals surface area contributed by atoms with Crippen LogP contribution >= 0.6 is 0 Å². The number of phenolic OH excluding ortho intramolecular Hbond substituents is 1. The van der Waals surface area contributed by atoms with Gasteiger partial charge in [-0.1, -0.05) is 0 Å². The summed E-state index contributed by atoms with van der Waals surface area (Å²) in [6, 6.07) is 1.68. The van der Waals surface area contributed by atoms with Crippen molar-refractivity contribution in [2.24, 2.45) is 0 Å². The number of carbonyl (C=O) groups is 1. The number of aromatic carboxylic acids is 1. The van der Waals surface area contributed by atoms with E-state index < -0.39 is 26.7 Å². The lowest BCUT2D eigenvalue weighted by atomic mass is 10.1. The van der Waals surface area contributed by atoms with E-state index in [2.05, 4.69) is 0 Å². The minimum absolute atomic E-state index is 0.201. The number of carboxylic acids is 1. The second-order valence-corrected chi connectivity index (χ2v) is 4.31. The van der Waals surface area contributed by atoms with Crippen LogP contribution in [0.4, 0.5) is 0 Å². The number of rotatable bonds is 2. The second kappa shape index (κ2) is 3.52. The van der Waals surface area contributed by atoms with Crippen LogP contribution in [0.15, 0.2) is 17.0 Å². The van der Waals surface area contributed by atoms with Gasteiger partial charge in [0.25, 0.3) is 10.1 Å². The van der Waals surface area contributed by atoms with Gasteiger partial charge in [0.05, 0.1) is 5.56 Å². The molecule has 1 aromatic rings. The normalized spacial score (nSPS) is 11.3. The zero-order chi connectivity index (χ0) is 11.8. The molecule has 82 valence electrons. The van der Waals surface area contributed by atoms with E-state index in [9.17, 15) is 18.3 Å². The van der Waals surface area contributed by atoms with Gasteiger partial charge in [0.15, 0.2) is 0 Å². The Morgan fingerprint density at radius 2 is 1.87 bits per heavy atom. The van der Waals surface area contributed by atoms with E-state index in [0.29, 0.717) is 6.07 Å². The summed E-state index contributed by atoms with van der Waals surface area (Å²) in [5.41, 5.74) is -0.0900. The Morgan fingerprint density at radius 3 is 2.27 bits per heavy atom. The fourth-order valence-corrected chi connectivity index (χ4v) is 1.70. The third kappa shape index (κ3) is 2.25. The van der Waals surface area contributed by atoms with Crippen LogP contribution in [0.25, 0.3) is 0 Å². The number of hydrogen-bond donors (Lipinski definition) is 3. The largest absolute Gasteiger partial charge is 0.506 e. The Balaban J connectivity index is 3.58.